The average molecular weight is 650 g/mol. The quantitative estimate of drug-likeness (QED) is 0.117. The Labute approximate surface area is 255 Å². The van der Waals surface area contributed by atoms with Gasteiger partial charge in [-0.15, -0.1) is 0 Å². The Morgan fingerprint density at radius 3 is 2.40 bits per heavy atom. The number of amides is 1. The Balaban J connectivity index is 1.76. The number of halogens is 4. The Morgan fingerprint density at radius 1 is 1.09 bits per heavy atom. The van der Waals surface area contributed by atoms with E-state index in [1.807, 2.05) is 0 Å². The molecule has 238 valence electrons. The maximum atomic E-state index is 13.7. The highest BCUT2D eigenvalue weighted by Crippen LogP contribution is 2.36. The number of ether oxygens (including phenoxy) is 1. The molecule has 2 N–H and O–H groups in total. The maximum Gasteiger partial charge on any atom is 0.416 e. The van der Waals surface area contributed by atoms with E-state index < -0.39 is 49.0 Å². The van der Waals surface area contributed by atoms with E-state index in [4.69, 9.17) is 4.74 Å². The van der Waals surface area contributed by atoms with Crippen molar-refractivity contribution in [3.8, 4) is 17.3 Å². The first-order valence-corrected chi connectivity index (χ1v) is 14.8. The van der Waals surface area contributed by atoms with Crippen LogP contribution in [0.1, 0.15) is 41.0 Å². The molecule has 0 unspecified atom stereocenters. The summed E-state index contributed by atoms with van der Waals surface area (Å²) < 4.78 is 89.0. The lowest BCUT2D eigenvalue weighted by atomic mass is 10.1. The Morgan fingerprint density at radius 2 is 1.78 bits per heavy atom. The lowest BCUT2D eigenvalue weighted by molar-refractivity contribution is -0.385. The van der Waals surface area contributed by atoms with Crippen LogP contribution in [0.3, 0.4) is 0 Å². The summed E-state index contributed by atoms with van der Waals surface area (Å²) >= 11 is 0. The zero-order valence-electron chi connectivity index (χ0n) is 24.1. The minimum absolute atomic E-state index is 0.0210. The van der Waals surface area contributed by atoms with Crippen molar-refractivity contribution in [1.82, 2.24) is 19.8 Å². The van der Waals surface area contributed by atoms with Gasteiger partial charge in [0.2, 0.25) is 15.9 Å². The second-order valence-electron chi connectivity index (χ2n) is 10.3. The summed E-state index contributed by atoms with van der Waals surface area (Å²) in [6, 6.07) is 12.2. The lowest BCUT2D eigenvalue weighted by Gasteiger charge is -2.15. The van der Waals surface area contributed by atoms with Gasteiger partial charge >= 0.3 is 6.18 Å². The first-order valence-electron chi connectivity index (χ1n) is 13.3. The molecule has 0 saturated heterocycles. The summed E-state index contributed by atoms with van der Waals surface area (Å²) in [6.45, 7) is 4.69. The van der Waals surface area contributed by atoms with Gasteiger partial charge in [-0.2, -0.15) is 23.0 Å². The number of hydrogen-bond acceptors (Lipinski definition) is 7. The van der Waals surface area contributed by atoms with Crippen molar-refractivity contribution < 1.29 is 40.4 Å². The fraction of sp³-hybridized carbons (Fsp3) is 0.241. The molecule has 1 amide bonds. The van der Waals surface area contributed by atoms with Crippen molar-refractivity contribution in [2.75, 3.05) is 6.54 Å². The van der Waals surface area contributed by atoms with Gasteiger partial charge < -0.3 is 10.1 Å². The first kappa shape index (κ1) is 33.1. The number of rotatable bonds is 11. The maximum absolute atomic E-state index is 13.7. The van der Waals surface area contributed by atoms with E-state index in [0.29, 0.717) is 0 Å². The molecule has 45 heavy (non-hydrogen) atoms. The van der Waals surface area contributed by atoms with Crippen LogP contribution in [-0.2, 0) is 22.7 Å². The minimum atomic E-state index is -4.58. The van der Waals surface area contributed by atoms with E-state index >= 15 is 0 Å². The number of nitro benzene ring substituents is 1. The molecule has 0 radical (unpaired) electrons. The fourth-order valence-corrected chi connectivity index (χ4v) is 5.42. The van der Waals surface area contributed by atoms with Crippen molar-refractivity contribution in [3.05, 3.63) is 105 Å². The van der Waals surface area contributed by atoms with Gasteiger partial charge in [-0.25, -0.2) is 17.5 Å². The molecule has 0 spiro atoms. The zero-order valence-corrected chi connectivity index (χ0v) is 24.9. The van der Waals surface area contributed by atoms with Gasteiger partial charge in [0.15, 0.2) is 5.69 Å². The molecule has 4 aromatic rings. The molecule has 11 nitrogen and oxygen atoms in total. The van der Waals surface area contributed by atoms with Crippen molar-refractivity contribution in [3.63, 3.8) is 0 Å². The Bertz CT molecular complexity index is 1840. The van der Waals surface area contributed by atoms with E-state index in [0.717, 1.165) is 47.1 Å². The number of nitrogens with zero attached hydrogens (tertiary/aromatic N) is 3. The van der Waals surface area contributed by atoms with Gasteiger partial charge in [-0.1, -0.05) is 26.0 Å². The lowest BCUT2D eigenvalue weighted by Crippen LogP contribution is -2.28. The van der Waals surface area contributed by atoms with Crippen LogP contribution in [0.4, 0.5) is 23.2 Å². The number of carbonyl (C=O) groups is 1. The summed E-state index contributed by atoms with van der Waals surface area (Å²) in [4.78, 5) is 23.3. The molecule has 1 aromatic heterocycles. The van der Waals surface area contributed by atoms with Gasteiger partial charge in [-0.3, -0.25) is 14.9 Å². The molecule has 16 heteroatoms. The summed E-state index contributed by atoms with van der Waals surface area (Å²) in [5.74, 6) is -1.99. The number of hydrogen-bond donors (Lipinski definition) is 2. The number of aromatic nitrogens is 2. The van der Waals surface area contributed by atoms with Crippen molar-refractivity contribution in [1.29, 1.82) is 0 Å². The highest BCUT2D eigenvalue weighted by atomic mass is 32.2. The van der Waals surface area contributed by atoms with Crippen LogP contribution in [0.15, 0.2) is 71.6 Å². The van der Waals surface area contributed by atoms with Gasteiger partial charge in [-0.05, 0) is 60.9 Å². The van der Waals surface area contributed by atoms with E-state index in [1.54, 1.807) is 13.8 Å². The predicted octanol–water partition coefficient (Wildman–Crippen LogP) is 5.90. The molecule has 0 saturated carbocycles. The highest BCUT2D eigenvalue weighted by Gasteiger charge is 2.31. The van der Waals surface area contributed by atoms with Crippen molar-refractivity contribution in [2.24, 2.45) is 5.92 Å². The second-order valence-corrected chi connectivity index (χ2v) is 12.0. The topological polar surface area (TPSA) is 145 Å². The van der Waals surface area contributed by atoms with Crippen LogP contribution in [0.5, 0.6) is 11.6 Å². The number of benzene rings is 3. The van der Waals surface area contributed by atoms with Gasteiger partial charge in [0.1, 0.15) is 16.5 Å². The average Bonchev–Trinajstić information content (AvgIpc) is 3.30. The first-order chi connectivity index (χ1) is 21.1. The minimum Gasteiger partial charge on any atom is -0.437 e. The fourth-order valence-electron chi connectivity index (χ4n) is 4.06. The van der Waals surface area contributed by atoms with E-state index in [-0.39, 0.29) is 53.1 Å². The predicted molar refractivity (Wildman–Crippen MR) is 154 cm³/mol. The smallest absolute Gasteiger partial charge is 0.416 e. The van der Waals surface area contributed by atoms with E-state index in [9.17, 15) is 40.9 Å². The third-order valence-corrected chi connectivity index (χ3v) is 7.82. The number of nitrogens with one attached hydrogen (secondary N) is 2. The van der Waals surface area contributed by atoms with Crippen LogP contribution >= 0.6 is 0 Å². The molecule has 0 aliphatic rings. The SMILES string of the molecule is Cc1c(C(=O)NCc2cccc(C(F)(F)F)c2)nn(-c2ccc(F)cc2)c1Oc1ccc([N+](=O)[O-])cc1S(=O)(=O)NCC(C)C. The molecule has 3 aromatic carbocycles. The van der Waals surface area contributed by atoms with Crippen molar-refractivity contribution in [2.45, 2.75) is 38.4 Å². The second kappa shape index (κ2) is 13.0. The van der Waals surface area contributed by atoms with E-state index in [2.05, 4.69) is 15.1 Å². The number of nitro groups is 1. The largest absolute Gasteiger partial charge is 0.437 e. The molecular weight excluding hydrogens is 622 g/mol. The Kier molecular flexibility index (Phi) is 9.58. The zero-order chi connectivity index (χ0) is 33.1. The van der Waals surface area contributed by atoms with E-state index in [1.165, 1.54) is 31.2 Å². The molecule has 0 atom stereocenters. The summed E-state index contributed by atoms with van der Waals surface area (Å²) in [5.41, 5.74) is -1.19. The number of sulfonamides is 1. The van der Waals surface area contributed by atoms with Crippen LogP contribution in [0.25, 0.3) is 5.69 Å². The van der Waals surface area contributed by atoms with Gasteiger partial charge in [0, 0.05) is 30.8 Å². The number of alkyl halides is 3. The summed E-state index contributed by atoms with van der Waals surface area (Å²) in [7, 11) is -4.34. The van der Waals surface area contributed by atoms with Gasteiger partial charge in [0.25, 0.3) is 11.6 Å². The standard InChI is InChI=1S/C29H27F4N5O6S/c1-17(2)15-35-45(42,43)25-14-23(38(40)41)11-12-24(25)44-28-18(3)26(36-37(28)22-9-7-21(30)8-10-22)27(39)34-16-19-5-4-6-20(13-19)29(31,32)33/h4-14,17,35H,15-16H2,1-3H3,(H,34,39). The van der Waals surface area contributed by atoms with Crippen LogP contribution in [-0.4, -0.2) is 35.6 Å². The Hall–Kier alpha value is -4.83. The third-order valence-electron chi connectivity index (χ3n) is 6.38. The molecule has 0 fully saturated rings. The van der Waals surface area contributed by atoms with Crippen LogP contribution < -0.4 is 14.8 Å². The van der Waals surface area contributed by atoms with Crippen LogP contribution in [0, 0.1) is 28.8 Å². The molecular formula is C29H27F4N5O6S. The number of non-ortho nitro benzene ring substituents is 1. The summed E-state index contributed by atoms with van der Waals surface area (Å²) in [6.07, 6.45) is -4.58. The third kappa shape index (κ3) is 7.82. The molecule has 1 heterocycles. The highest BCUT2D eigenvalue weighted by molar-refractivity contribution is 7.89. The van der Waals surface area contributed by atoms with Crippen molar-refractivity contribution >= 4 is 21.6 Å². The van der Waals surface area contributed by atoms with Gasteiger partial charge in [0.05, 0.1) is 16.2 Å². The monoisotopic (exact) mass is 649 g/mol. The number of carbonyl (C=O) groups excluding carboxylic acids is 1. The molecule has 4 rings (SSSR count). The molecule has 0 aliphatic heterocycles. The summed E-state index contributed by atoms with van der Waals surface area (Å²) in [5, 5.41) is 18.2. The normalized spacial score (nSPS) is 11.9. The van der Waals surface area contributed by atoms with Crippen LogP contribution in [0.2, 0.25) is 0 Å². The molecule has 0 bridgehead atoms. The molecule has 0 aliphatic carbocycles.